The normalized spacial score (nSPS) is 24.0. The molecule has 0 unspecified atom stereocenters. The molecule has 2 aliphatic carbocycles. The minimum atomic E-state index is -0.596. The quantitative estimate of drug-likeness (QED) is 0.542. The molecule has 0 bridgehead atoms. The molecule has 2 heterocycles. The highest BCUT2D eigenvalue weighted by Crippen LogP contribution is 2.55. The van der Waals surface area contributed by atoms with Crippen molar-refractivity contribution in [3.05, 3.63) is 40.3 Å². The lowest BCUT2D eigenvalue weighted by molar-refractivity contribution is -0.128. The van der Waals surface area contributed by atoms with E-state index in [0.717, 1.165) is 29.8 Å². The molecule has 0 aliphatic heterocycles. The van der Waals surface area contributed by atoms with Crippen LogP contribution in [-0.2, 0) is 23.7 Å². The number of fused-ring (bicyclic) bond motifs is 3. The Morgan fingerprint density at radius 2 is 2.10 bits per heavy atom. The maximum Gasteiger partial charge on any atom is 0.226 e. The third-order valence-electron chi connectivity index (χ3n) is 6.05. The Labute approximate surface area is 178 Å². The van der Waals surface area contributed by atoms with Crippen LogP contribution in [0.25, 0.3) is 16.4 Å². The van der Waals surface area contributed by atoms with Crippen molar-refractivity contribution in [3.8, 4) is 11.5 Å². The van der Waals surface area contributed by atoms with Gasteiger partial charge in [0.25, 0.3) is 0 Å². The Bertz CT molecular complexity index is 1030. The van der Waals surface area contributed by atoms with Crippen molar-refractivity contribution in [1.82, 2.24) is 25.4 Å². The average Bonchev–Trinajstić information content (AvgIpc) is 3.30. The van der Waals surface area contributed by atoms with Gasteiger partial charge in [-0.25, -0.2) is 10.3 Å². The molecule has 2 aliphatic rings. The van der Waals surface area contributed by atoms with E-state index in [0.29, 0.717) is 11.7 Å². The fourth-order valence-corrected chi connectivity index (χ4v) is 4.87. The number of nitrogens with zero attached hydrogens (tertiary/aromatic N) is 5. The molecule has 9 heteroatoms. The standard InChI is InChI=1S/C19H21N5O2.CH5NO.CH4/c1-10-21-17(23-26-10)14-11-7-8-13-18(2,3)16(25)12(20-5)9-19(13,4)15(11)22-24(14)6;1-2-3;/h9,13H,7-8H2,1-4,6H3;2-3H,1H3;1H4/t13-,19-;;/m0../s1/i;;1T. The van der Waals surface area contributed by atoms with Crippen LogP contribution in [0.3, 0.4) is 0 Å². The zero-order valence-electron chi connectivity index (χ0n) is 19.6. The predicted octanol–water partition coefficient (Wildman–Crippen LogP) is 3.24. The highest BCUT2D eigenvalue weighted by Gasteiger charge is 2.55. The number of ketones is 1. The van der Waals surface area contributed by atoms with Crippen LogP contribution in [0, 0.1) is 24.8 Å². The first-order valence-electron chi connectivity index (χ1n) is 10.4. The van der Waals surface area contributed by atoms with Crippen molar-refractivity contribution in [2.24, 2.45) is 18.4 Å². The maximum absolute atomic E-state index is 12.7. The van der Waals surface area contributed by atoms with Gasteiger partial charge >= 0.3 is 0 Å². The van der Waals surface area contributed by atoms with Gasteiger partial charge in [0.05, 0.1) is 12.3 Å². The van der Waals surface area contributed by atoms with Gasteiger partial charge < -0.3 is 14.5 Å². The van der Waals surface area contributed by atoms with E-state index in [1.54, 1.807) is 17.1 Å². The largest absolute Gasteiger partial charge is 0.339 e. The summed E-state index contributed by atoms with van der Waals surface area (Å²) in [7, 11) is 4.55. The number of hydrogen-bond donors (Lipinski definition) is 2. The van der Waals surface area contributed by atoms with Crippen LogP contribution >= 0.6 is 0 Å². The fourth-order valence-electron chi connectivity index (χ4n) is 4.87. The zero-order chi connectivity index (χ0) is 23.6. The number of Topliss-reactive ketones (excluding diaryl/α,β-unsaturated/α-hetero) is 1. The summed E-state index contributed by atoms with van der Waals surface area (Å²) in [6.45, 7) is 15.2. The monoisotopic (exact) mass is 416 g/mol. The van der Waals surface area contributed by atoms with Crippen LogP contribution in [0.5, 0.6) is 0 Å². The summed E-state index contributed by atoms with van der Waals surface area (Å²) in [6.07, 6.45) is 3.47. The second kappa shape index (κ2) is 8.13. The van der Waals surface area contributed by atoms with E-state index in [2.05, 4.69) is 21.9 Å². The average molecular weight is 417 g/mol. The molecule has 30 heavy (non-hydrogen) atoms. The van der Waals surface area contributed by atoms with Crippen LogP contribution in [0.4, 0.5) is 0 Å². The third kappa shape index (κ3) is 3.36. The van der Waals surface area contributed by atoms with Gasteiger partial charge in [-0.15, -0.1) is 0 Å². The molecular weight excluding hydrogens is 384 g/mol. The first-order valence-corrected chi connectivity index (χ1v) is 9.44. The van der Waals surface area contributed by atoms with Crippen LogP contribution < -0.4 is 5.48 Å². The highest BCUT2D eigenvalue weighted by molar-refractivity contribution is 6.02. The van der Waals surface area contributed by atoms with Crippen molar-refractivity contribution in [2.75, 3.05) is 7.05 Å². The van der Waals surface area contributed by atoms with Gasteiger partial charge in [-0.3, -0.25) is 4.68 Å². The summed E-state index contributed by atoms with van der Waals surface area (Å²) < 4.78 is 12.7. The first-order chi connectivity index (χ1) is 14.6. The minimum Gasteiger partial charge on any atom is -0.339 e. The summed E-state index contributed by atoms with van der Waals surface area (Å²) >= 11 is 0. The molecule has 2 N–H and O–H groups in total. The van der Waals surface area contributed by atoms with E-state index in [1.807, 2.05) is 27.0 Å². The summed E-state index contributed by atoms with van der Waals surface area (Å²) in [5.74, 6) is 1.06. The summed E-state index contributed by atoms with van der Waals surface area (Å²) in [6, 6.07) is 0. The van der Waals surface area contributed by atoms with Crippen molar-refractivity contribution in [2.45, 2.75) is 53.4 Å². The smallest absolute Gasteiger partial charge is 0.226 e. The van der Waals surface area contributed by atoms with Crippen LogP contribution in [0.2, 0.25) is 0 Å². The number of hydrogen-bond acceptors (Lipinski definition) is 7. The number of allylic oxidation sites excluding steroid dienone is 2. The number of carbonyl (C=O) groups is 1. The molecule has 9 nitrogen and oxygen atoms in total. The molecule has 0 spiro atoms. The molecule has 4 rings (SSSR count). The van der Waals surface area contributed by atoms with Gasteiger partial charge in [-0.1, -0.05) is 39.4 Å². The molecule has 0 saturated heterocycles. The fraction of sp³-hybridized carbons (Fsp3) is 0.571. The molecule has 162 valence electrons. The Hall–Kier alpha value is -2.83. The van der Waals surface area contributed by atoms with Crippen molar-refractivity contribution >= 4 is 5.78 Å². The van der Waals surface area contributed by atoms with Gasteiger partial charge in [0.2, 0.25) is 17.4 Å². The zero-order valence-corrected chi connectivity index (χ0v) is 18.6. The number of aryl methyl sites for hydroxylation is 2. The van der Waals surface area contributed by atoms with E-state index in [-0.39, 0.29) is 17.4 Å². The Morgan fingerprint density at radius 3 is 2.63 bits per heavy atom. The predicted molar refractivity (Wildman–Crippen MR) is 111 cm³/mol. The van der Waals surface area contributed by atoms with Crippen molar-refractivity contribution in [1.29, 1.82) is 0 Å². The van der Waals surface area contributed by atoms with Crippen molar-refractivity contribution < 1.29 is 15.9 Å². The van der Waals surface area contributed by atoms with Gasteiger partial charge in [0.1, 0.15) is 5.69 Å². The lowest BCUT2D eigenvalue weighted by Crippen LogP contribution is -2.50. The number of nitrogens with one attached hydrogen (secondary N) is 1. The molecule has 2 aromatic rings. The van der Waals surface area contributed by atoms with Crippen LogP contribution in [0.15, 0.2) is 16.3 Å². The maximum atomic E-state index is 12.7. The van der Waals surface area contributed by atoms with Gasteiger partial charge in [0, 0.05) is 38.8 Å². The van der Waals surface area contributed by atoms with E-state index in [4.69, 9.17) is 22.8 Å². The van der Waals surface area contributed by atoms with Gasteiger partial charge in [-0.05, 0) is 18.8 Å². The number of rotatable bonds is 1. The molecule has 0 radical (unpaired) electrons. The summed E-state index contributed by atoms with van der Waals surface area (Å²) in [4.78, 5) is 20.6. The van der Waals surface area contributed by atoms with Gasteiger partial charge in [-0.2, -0.15) is 10.1 Å². The Kier molecular flexibility index (Phi) is 5.92. The summed E-state index contributed by atoms with van der Waals surface area (Å²) in [5, 5.41) is 16.2. The molecule has 2 aromatic heterocycles. The van der Waals surface area contributed by atoms with E-state index >= 15 is 0 Å². The second-order valence-corrected chi connectivity index (χ2v) is 8.23. The minimum absolute atomic E-state index is 0.0663. The first kappa shape index (κ1) is 21.9. The van der Waals surface area contributed by atoms with Crippen LogP contribution in [0.1, 0.15) is 53.1 Å². The second-order valence-electron chi connectivity index (χ2n) is 8.23. The van der Waals surface area contributed by atoms with Crippen molar-refractivity contribution in [3.63, 3.8) is 0 Å². The van der Waals surface area contributed by atoms with Crippen LogP contribution in [-0.4, -0.2) is 38.0 Å². The van der Waals surface area contributed by atoms with E-state index < -0.39 is 10.8 Å². The highest BCUT2D eigenvalue weighted by atomic mass is 16.5. The molecular formula is C21H30N6O3. The molecule has 0 fully saturated rings. The molecule has 0 aromatic carbocycles. The Balaban J connectivity index is 0.000000630. The number of carbonyl (C=O) groups excluding carboxylic acids is 1. The Morgan fingerprint density at radius 1 is 1.47 bits per heavy atom. The third-order valence-corrected chi connectivity index (χ3v) is 6.05. The van der Waals surface area contributed by atoms with E-state index in [1.165, 1.54) is 14.5 Å². The lowest BCUT2D eigenvalue weighted by atomic mass is 9.53. The SMILES string of the molecule is CNO.[3H]C.[C-]#[N+]C1=C[C@]2(C)c3nn(C)c(-c4noc(C)n4)c3CC[C@H]2C(C)(C)C1=O. The lowest BCUT2D eigenvalue weighted by Gasteiger charge is -2.49. The molecule has 2 atom stereocenters. The van der Waals surface area contributed by atoms with E-state index in [9.17, 15) is 4.79 Å². The molecule has 0 saturated carbocycles. The number of aromatic nitrogens is 4. The summed E-state index contributed by atoms with van der Waals surface area (Å²) in [5.41, 5.74) is 3.74. The topological polar surface area (TPSA) is 110 Å². The molecule has 0 amide bonds. The number of hydroxylamine groups is 1. The van der Waals surface area contributed by atoms with Gasteiger partial charge in [0.15, 0.2) is 5.78 Å².